The zero-order valence-electron chi connectivity index (χ0n) is 11.3. The van der Waals surface area contributed by atoms with Crippen LogP contribution >= 0.6 is 0 Å². The first-order valence-corrected chi connectivity index (χ1v) is 7.27. The van der Waals surface area contributed by atoms with Crippen molar-refractivity contribution in [3.63, 3.8) is 0 Å². The number of hydrogen-bond acceptors (Lipinski definition) is 1. The zero-order valence-corrected chi connectivity index (χ0v) is 11.3. The van der Waals surface area contributed by atoms with Crippen LogP contribution in [0.15, 0.2) is 54.6 Å². The monoisotopic (exact) mass is 251 g/mol. The summed E-state index contributed by atoms with van der Waals surface area (Å²) in [5.74, 6) is 0.854. The van der Waals surface area contributed by atoms with Crippen LogP contribution in [0.25, 0.3) is 11.1 Å². The summed E-state index contributed by atoms with van der Waals surface area (Å²) in [6.07, 6.45) is 3.85. The molecule has 1 heteroatoms. The highest BCUT2D eigenvalue weighted by molar-refractivity contribution is 5.63. The van der Waals surface area contributed by atoms with Gasteiger partial charge in [0.15, 0.2) is 0 Å². The molecular weight excluding hydrogens is 230 g/mol. The third-order valence-corrected chi connectivity index (χ3v) is 4.02. The van der Waals surface area contributed by atoms with Gasteiger partial charge >= 0.3 is 0 Å². The third-order valence-electron chi connectivity index (χ3n) is 4.02. The van der Waals surface area contributed by atoms with Crippen molar-refractivity contribution in [2.24, 2.45) is 5.92 Å². The molecule has 0 amide bonds. The van der Waals surface area contributed by atoms with Gasteiger partial charge in [0, 0.05) is 0 Å². The van der Waals surface area contributed by atoms with Crippen molar-refractivity contribution in [1.29, 1.82) is 0 Å². The highest BCUT2D eigenvalue weighted by atomic mass is 14.9. The van der Waals surface area contributed by atoms with Gasteiger partial charge in [-0.1, -0.05) is 54.6 Å². The molecule has 3 rings (SSSR count). The van der Waals surface area contributed by atoms with Gasteiger partial charge in [0.2, 0.25) is 0 Å². The minimum atomic E-state index is 0.854. The zero-order chi connectivity index (χ0) is 12.9. The maximum atomic E-state index is 3.44. The number of hydrogen-bond donors (Lipinski definition) is 1. The van der Waals surface area contributed by atoms with Crippen molar-refractivity contribution >= 4 is 0 Å². The average Bonchev–Trinajstić information content (AvgIpc) is 2.49. The normalized spacial score (nSPS) is 16.4. The van der Waals surface area contributed by atoms with E-state index in [1.54, 1.807) is 0 Å². The Hall–Kier alpha value is -1.60. The topological polar surface area (TPSA) is 12.0 Å². The smallest absolute Gasteiger partial charge is 0.00462 e. The molecule has 0 spiro atoms. The van der Waals surface area contributed by atoms with E-state index in [4.69, 9.17) is 0 Å². The molecule has 0 atom stereocenters. The minimum absolute atomic E-state index is 0.854. The summed E-state index contributed by atoms with van der Waals surface area (Å²) in [4.78, 5) is 0. The Morgan fingerprint density at radius 2 is 1.58 bits per heavy atom. The predicted octanol–water partition coefficient (Wildman–Crippen LogP) is 3.90. The second-order valence-corrected chi connectivity index (χ2v) is 5.46. The van der Waals surface area contributed by atoms with Gasteiger partial charge in [-0.3, -0.25) is 0 Å². The van der Waals surface area contributed by atoms with Crippen LogP contribution in [0.2, 0.25) is 0 Å². The van der Waals surface area contributed by atoms with Gasteiger partial charge in [-0.05, 0) is 55.0 Å². The summed E-state index contributed by atoms with van der Waals surface area (Å²) < 4.78 is 0. The SMILES string of the molecule is c1ccc(-c2cccc(CC3CCNCC3)c2)cc1. The average molecular weight is 251 g/mol. The van der Waals surface area contributed by atoms with Crippen molar-refractivity contribution in [2.75, 3.05) is 13.1 Å². The molecule has 1 heterocycles. The predicted molar refractivity (Wildman–Crippen MR) is 81.2 cm³/mol. The van der Waals surface area contributed by atoms with Gasteiger partial charge in [-0.2, -0.15) is 0 Å². The van der Waals surface area contributed by atoms with E-state index < -0.39 is 0 Å². The highest BCUT2D eigenvalue weighted by Crippen LogP contribution is 2.23. The molecule has 0 unspecified atom stereocenters. The molecule has 2 aromatic rings. The summed E-state index contributed by atoms with van der Waals surface area (Å²) >= 11 is 0. The number of nitrogens with one attached hydrogen (secondary N) is 1. The van der Waals surface area contributed by atoms with Crippen LogP contribution in [0.5, 0.6) is 0 Å². The van der Waals surface area contributed by atoms with Crippen LogP contribution in [-0.2, 0) is 6.42 Å². The largest absolute Gasteiger partial charge is 0.317 e. The van der Waals surface area contributed by atoms with Crippen molar-refractivity contribution in [1.82, 2.24) is 5.32 Å². The molecule has 0 aliphatic carbocycles. The minimum Gasteiger partial charge on any atom is -0.317 e. The lowest BCUT2D eigenvalue weighted by atomic mass is 9.90. The summed E-state index contributed by atoms with van der Waals surface area (Å²) in [6.45, 7) is 2.37. The number of piperidine rings is 1. The standard InChI is InChI=1S/C18H21N/c1-2-6-17(7-3-1)18-8-4-5-16(14-18)13-15-9-11-19-12-10-15/h1-8,14-15,19H,9-13H2. The van der Waals surface area contributed by atoms with Crippen LogP contribution in [0.4, 0.5) is 0 Å². The Morgan fingerprint density at radius 1 is 0.842 bits per heavy atom. The number of benzene rings is 2. The molecule has 0 saturated carbocycles. The summed E-state index contributed by atoms with van der Waals surface area (Å²) in [6, 6.07) is 19.7. The second kappa shape index (κ2) is 6.03. The first kappa shape index (κ1) is 12.4. The van der Waals surface area contributed by atoms with E-state index in [9.17, 15) is 0 Å². The van der Waals surface area contributed by atoms with E-state index in [0.29, 0.717) is 0 Å². The molecular formula is C18H21N. The van der Waals surface area contributed by atoms with Crippen molar-refractivity contribution < 1.29 is 0 Å². The molecule has 19 heavy (non-hydrogen) atoms. The fourth-order valence-electron chi connectivity index (χ4n) is 2.93. The highest BCUT2D eigenvalue weighted by Gasteiger charge is 2.13. The second-order valence-electron chi connectivity index (χ2n) is 5.46. The Kier molecular flexibility index (Phi) is 3.95. The molecule has 98 valence electrons. The van der Waals surface area contributed by atoms with E-state index in [-0.39, 0.29) is 0 Å². The summed E-state index contributed by atoms with van der Waals surface area (Å²) in [5.41, 5.74) is 4.13. The molecule has 2 aromatic carbocycles. The Bertz CT molecular complexity index is 512. The molecule has 0 aromatic heterocycles. The van der Waals surface area contributed by atoms with E-state index in [1.807, 2.05) is 0 Å². The first-order chi connectivity index (χ1) is 9.42. The van der Waals surface area contributed by atoms with Crippen LogP contribution in [0.3, 0.4) is 0 Å². The molecule has 1 N–H and O–H groups in total. The lowest BCUT2D eigenvalue weighted by Crippen LogP contribution is -2.28. The van der Waals surface area contributed by atoms with Crippen molar-refractivity contribution in [3.8, 4) is 11.1 Å². The van der Waals surface area contributed by atoms with Crippen LogP contribution in [-0.4, -0.2) is 13.1 Å². The van der Waals surface area contributed by atoms with Crippen LogP contribution in [0.1, 0.15) is 18.4 Å². The van der Waals surface area contributed by atoms with Gasteiger partial charge < -0.3 is 5.32 Å². The van der Waals surface area contributed by atoms with E-state index >= 15 is 0 Å². The lowest BCUT2D eigenvalue weighted by Gasteiger charge is -2.22. The maximum Gasteiger partial charge on any atom is -0.00462 e. The molecule has 1 aliphatic heterocycles. The van der Waals surface area contributed by atoms with Crippen LogP contribution < -0.4 is 5.32 Å². The van der Waals surface area contributed by atoms with Crippen LogP contribution in [0, 0.1) is 5.92 Å². The van der Waals surface area contributed by atoms with E-state index in [1.165, 1.54) is 49.0 Å². The molecule has 1 fully saturated rings. The Balaban J connectivity index is 1.76. The van der Waals surface area contributed by atoms with Gasteiger partial charge in [-0.25, -0.2) is 0 Å². The molecule has 0 bridgehead atoms. The maximum absolute atomic E-state index is 3.44. The first-order valence-electron chi connectivity index (χ1n) is 7.27. The molecule has 1 aliphatic rings. The van der Waals surface area contributed by atoms with Crippen molar-refractivity contribution in [3.05, 3.63) is 60.2 Å². The number of rotatable bonds is 3. The summed E-state index contributed by atoms with van der Waals surface area (Å²) in [7, 11) is 0. The molecule has 1 saturated heterocycles. The van der Waals surface area contributed by atoms with Gasteiger partial charge in [0.25, 0.3) is 0 Å². The Labute approximate surface area is 115 Å². The quantitative estimate of drug-likeness (QED) is 0.872. The fraction of sp³-hybridized carbons (Fsp3) is 0.333. The van der Waals surface area contributed by atoms with Gasteiger partial charge in [-0.15, -0.1) is 0 Å². The van der Waals surface area contributed by atoms with E-state index in [2.05, 4.69) is 59.9 Å². The Morgan fingerprint density at radius 3 is 2.37 bits per heavy atom. The van der Waals surface area contributed by atoms with E-state index in [0.717, 1.165) is 5.92 Å². The fourth-order valence-corrected chi connectivity index (χ4v) is 2.93. The van der Waals surface area contributed by atoms with Crippen molar-refractivity contribution in [2.45, 2.75) is 19.3 Å². The molecule has 1 nitrogen and oxygen atoms in total. The lowest BCUT2D eigenvalue weighted by molar-refractivity contribution is 0.373. The third kappa shape index (κ3) is 3.24. The van der Waals surface area contributed by atoms with Gasteiger partial charge in [0.1, 0.15) is 0 Å². The molecule has 0 radical (unpaired) electrons. The van der Waals surface area contributed by atoms with Gasteiger partial charge in [0.05, 0.1) is 0 Å². The summed E-state index contributed by atoms with van der Waals surface area (Å²) in [5, 5.41) is 3.44.